The van der Waals surface area contributed by atoms with Gasteiger partial charge in [0.25, 0.3) is 0 Å². The topological polar surface area (TPSA) is 3.24 Å². The van der Waals surface area contributed by atoms with Crippen molar-refractivity contribution in [3.8, 4) is 55.6 Å². The van der Waals surface area contributed by atoms with E-state index >= 15 is 0 Å². The molecule has 1 spiro atoms. The van der Waals surface area contributed by atoms with Crippen LogP contribution in [0.1, 0.15) is 47.2 Å². The van der Waals surface area contributed by atoms with E-state index in [0.717, 1.165) is 11.4 Å². The maximum Gasteiger partial charge on any atom is 0.0737 e. The smallest absolute Gasteiger partial charge is 0.0737 e. The van der Waals surface area contributed by atoms with Gasteiger partial charge >= 0.3 is 0 Å². The molecule has 1 nitrogen and oxygen atoms in total. The van der Waals surface area contributed by atoms with Crippen molar-refractivity contribution in [2.24, 2.45) is 0 Å². The summed E-state index contributed by atoms with van der Waals surface area (Å²) < 4.78 is 0. The SMILES string of the molecule is CC1(C)c2ccccc2-c2ccc(N(c3ccccc3)c3ccc(-c4ccc5c(c4)C46c7ccccc7-c7cccc(c74)-c4cccc-5c46)cc3)cc21. The van der Waals surface area contributed by atoms with Crippen molar-refractivity contribution in [1.29, 1.82) is 0 Å². The summed E-state index contributed by atoms with van der Waals surface area (Å²) in [4.78, 5) is 2.40. The Balaban J connectivity index is 0.989. The molecule has 53 heavy (non-hydrogen) atoms. The van der Waals surface area contributed by atoms with Gasteiger partial charge in [0.2, 0.25) is 0 Å². The van der Waals surface area contributed by atoms with Crippen LogP contribution in [0.2, 0.25) is 0 Å². The quantitative estimate of drug-likeness (QED) is 0.180. The fourth-order valence-corrected chi connectivity index (χ4v) is 10.6. The highest BCUT2D eigenvalue weighted by molar-refractivity contribution is 6.06. The van der Waals surface area contributed by atoms with Gasteiger partial charge in [-0.25, -0.2) is 0 Å². The molecule has 0 aliphatic heterocycles. The van der Waals surface area contributed by atoms with Gasteiger partial charge in [0, 0.05) is 22.5 Å². The summed E-state index contributed by atoms with van der Waals surface area (Å²) in [5.74, 6) is 0. The third-order valence-electron chi connectivity index (χ3n) is 12.8. The Bertz CT molecular complexity index is 2820. The molecule has 0 amide bonds. The summed E-state index contributed by atoms with van der Waals surface area (Å²) in [6, 6.07) is 66.0. The molecular formula is C52H35N. The van der Waals surface area contributed by atoms with E-state index in [1.807, 2.05) is 0 Å². The molecule has 4 aliphatic carbocycles. The second-order valence-corrected chi connectivity index (χ2v) is 15.6. The molecule has 248 valence electrons. The predicted octanol–water partition coefficient (Wildman–Crippen LogP) is 13.5. The van der Waals surface area contributed by atoms with E-state index < -0.39 is 0 Å². The standard InChI is InChI=1S/C52H35N/c1-51(2)45-20-8-6-14-37(45)39-29-27-36(31-47(39)51)53(34-12-4-3-5-13-34)35-25-22-32(23-26-35)33-24-28-40-42-17-11-19-44-43-18-10-16-41-38-15-7-9-21-46(38)52(49(41)43,50(42)44)48(40)30-33/h3-31H,1-2H3. The van der Waals surface area contributed by atoms with Gasteiger partial charge in [-0.1, -0.05) is 147 Å². The third kappa shape index (κ3) is 3.57. The Morgan fingerprint density at radius 3 is 1.49 bits per heavy atom. The molecule has 4 aliphatic rings. The molecule has 8 aromatic carbocycles. The van der Waals surface area contributed by atoms with Gasteiger partial charge in [-0.3, -0.25) is 0 Å². The third-order valence-corrected chi connectivity index (χ3v) is 12.8. The minimum absolute atomic E-state index is 0.0674. The Morgan fingerprint density at radius 1 is 0.321 bits per heavy atom. The van der Waals surface area contributed by atoms with E-state index in [9.17, 15) is 0 Å². The number of para-hydroxylation sites is 1. The summed E-state index contributed by atoms with van der Waals surface area (Å²) in [6.45, 7) is 4.71. The monoisotopic (exact) mass is 673 g/mol. The summed E-state index contributed by atoms with van der Waals surface area (Å²) in [5.41, 5.74) is 25.1. The molecule has 0 radical (unpaired) electrons. The van der Waals surface area contributed by atoms with Gasteiger partial charge in [-0.2, -0.15) is 0 Å². The largest absolute Gasteiger partial charge is 0.310 e. The number of anilines is 3. The molecule has 0 saturated heterocycles. The predicted molar refractivity (Wildman–Crippen MR) is 219 cm³/mol. The van der Waals surface area contributed by atoms with E-state index in [-0.39, 0.29) is 10.8 Å². The average molecular weight is 674 g/mol. The van der Waals surface area contributed by atoms with E-state index in [2.05, 4.69) is 195 Å². The van der Waals surface area contributed by atoms with Crippen molar-refractivity contribution in [2.75, 3.05) is 4.90 Å². The highest BCUT2D eigenvalue weighted by Gasteiger charge is 2.57. The summed E-state index contributed by atoms with van der Waals surface area (Å²) in [5, 5.41) is 0. The van der Waals surface area contributed by atoms with Gasteiger partial charge in [0.15, 0.2) is 0 Å². The zero-order valence-electron chi connectivity index (χ0n) is 29.7. The lowest BCUT2D eigenvalue weighted by Gasteiger charge is -2.28. The van der Waals surface area contributed by atoms with E-state index in [1.54, 1.807) is 0 Å². The van der Waals surface area contributed by atoms with Crippen LogP contribution >= 0.6 is 0 Å². The first kappa shape index (κ1) is 29.2. The van der Waals surface area contributed by atoms with Gasteiger partial charge in [-0.05, 0) is 131 Å². The molecule has 12 rings (SSSR count). The Kier molecular flexibility index (Phi) is 5.57. The molecule has 0 saturated carbocycles. The second-order valence-electron chi connectivity index (χ2n) is 15.6. The number of fused-ring (bicyclic) bond motifs is 8. The maximum absolute atomic E-state index is 2.50. The Hall–Kier alpha value is -6.44. The van der Waals surface area contributed by atoms with Crippen LogP contribution in [-0.2, 0) is 10.8 Å². The highest BCUT2D eigenvalue weighted by atomic mass is 15.1. The highest BCUT2D eigenvalue weighted by Crippen LogP contribution is 2.70. The normalized spacial score (nSPS) is 16.7. The van der Waals surface area contributed by atoms with Crippen LogP contribution in [0.5, 0.6) is 0 Å². The Morgan fingerprint density at radius 2 is 0.792 bits per heavy atom. The molecule has 0 bridgehead atoms. The first-order valence-electron chi connectivity index (χ1n) is 18.8. The number of hydrogen-bond donors (Lipinski definition) is 0. The fourth-order valence-electron chi connectivity index (χ4n) is 10.6. The minimum atomic E-state index is -0.273. The molecule has 0 aromatic heterocycles. The lowest BCUT2D eigenvalue weighted by molar-refractivity contribution is 0.660. The Labute approximate surface area is 310 Å². The number of benzene rings is 8. The van der Waals surface area contributed by atoms with Crippen LogP contribution < -0.4 is 4.90 Å². The van der Waals surface area contributed by atoms with Gasteiger partial charge in [-0.15, -0.1) is 0 Å². The van der Waals surface area contributed by atoms with Crippen LogP contribution in [0.15, 0.2) is 176 Å². The van der Waals surface area contributed by atoms with Crippen LogP contribution in [-0.4, -0.2) is 0 Å². The number of hydrogen-bond acceptors (Lipinski definition) is 1. The van der Waals surface area contributed by atoms with Crippen molar-refractivity contribution >= 4 is 17.1 Å². The van der Waals surface area contributed by atoms with Crippen molar-refractivity contribution in [3.05, 3.63) is 209 Å². The molecule has 1 heteroatoms. The first-order valence-corrected chi connectivity index (χ1v) is 18.8. The van der Waals surface area contributed by atoms with Crippen LogP contribution in [0.25, 0.3) is 55.6 Å². The molecule has 0 heterocycles. The fraction of sp³-hybridized carbons (Fsp3) is 0.0769. The van der Waals surface area contributed by atoms with Crippen molar-refractivity contribution in [1.82, 2.24) is 0 Å². The van der Waals surface area contributed by atoms with Crippen LogP contribution in [0.4, 0.5) is 17.1 Å². The summed E-state index contributed by atoms with van der Waals surface area (Å²) in [7, 11) is 0. The van der Waals surface area contributed by atoms with Crippen molar-refractivity contribution in [2.45, 2.75) is 24.7 Å². The molecule has 0 N–H and O–H groups in total. The maximum atomic E-state index is 2.50. The van der Waals surface area contributed by atoms with Crippen molar-refractivity contribution < 1.29 is 0 Å². The average Bonchev–Trinajstić information content (AvgIpc) is 3.87. The minimum Gasteiger partial charge on any atom is -0.310 e. The van der Waals surface area contributed by atoms with E-state index in [1.165, 1.54) is 94.7 Å². The van der Waals surface area contributed by atoms with Crippen LogP contribution in [0, 0.1) is 0 Å². The van der Waals surface area contributed by atoms with Crippen molar-refractivity contribution in [3.63, 3.8) is 0 Å². The van der Waals surface area contributed by atoms with E-state index in [0.29, 0.717) is 0 Å². The first-order chi connectivity index (χ1) is 26.0. The summed E-state index contributed by atoms with van der Waals surface area (Å²) in [6.07, 6.45) is 0. The van der Waals surface area contributed by atoms with E-state index in [4.69, 9.17) is 0 Å². The second kappa shape index (κ2) is 10.1. The van der Waals surface area contributed by atoms with Gasteiger partial charge < -0.3 is 4.90 Å². The molecular weight excluding hydrogens is 639 g/mol. The molecule has 8 aromatic rings. The number of rotatable bonds is 4. The molecule has 0 fully saturated rings. The zero-order valence-corrected chi connectivity index (χ0v) is 29.7. The lowest BCUT2D eigenvalue weighted by atomic mass is 9.73. The lowest BCUT2D eigenvalue weighted by Crippen LogP contribution is -2.23. The summed E-state index contributed by atoms with van der Waals surface area (Å²) >= 11 is 0. The molecule has 1 atom stereocenters. The van der Waals surface area contributed by atoms with Gasteiger partial charge in [0.1, 0.15) is 0 Å². The zero-order chi connectivity index (χ0) is 35.1. The number of nitrogens with zero attached hydrogens (tertiary/aromatic N) is 1. The molecule has 1 unspecified atom stereocenters. The van der Waals surface area contributed by atoms with Gasteiger partial charge in [0.05, 0.1) is 5.41 Å². The van der Waals surface area contributed by atoms with Crippen LogP contribution in [0.3, 0.4) is 0 Å².